The van der Waals surface area contributed by atoms with Gasteiger partial charge in [0, 0.05) is 18.8 Å². The number of rotatable bonds is 6. The fourth-order valence-electron chi connectivity index (χ4n) is 3.99. The Labute approximate surface area is 202 Å². The molecule has 0 spiro atoms. The van der Waals surface area contributed by atoms with Gasteiger partial charge in [-0.1, -0.05) is 44.2 Å². The lowest BCUT2D eigenvalue weighted by molar-refractivity contribution is 0.0994. The van der Waals surface area contributed by atoms with Crippen LogP contribution in [0.15, 0.2) is 52.2 Å². The zero-order valence-electron chi connectivity index (χ0n) is 20.4. The van der Waals surface area contributed by atoms with Crippen LogP contribution in [0.4, 0.5) is 11.5 Å². The third-order valence-corrected chi connectivity index (χ3v) is 5.94. The summed E-state index contributed by atoms with van der Waals surface area (Å²) in [5.74, 6) is -0.483. The average molecular weight is 476 g/mol. The van der Waals surface area contributed by atoms with E-state index in [0.717, 1.165) is 11.3 Å². The SMILES string of the molecule is CC(C)c1cc(C(=O)N(C)c2c(N)n(Cc3ccccc3)c(=O)[nH]c2=O)c2cnn(C(C)C)c2n1. The molecule has 182 valence electrons. The number of fused-ring (bicyclic) bond motifs is 1. The highest BCUT2D eigenvalue weighted by Gasteiger charge is 2.26. The van der Waals surface area contributed by atoms with Crippen molar-refractivity contribution in [3.05, 3.63) is 80.3 Å². The van der Waals surface area contributed by atoms with Gasteiger partial charge in [-0.05, 0) is 31.4 Å². The molecule has 0 aliphatic rings. The number of anilines is 2. The summed E-state index contributed by atoms with van der Waals surface area (Å²) < 4.78 is 3.01. The van der Waals surface area contributed by atoms with E-state index < -0.39 is 17.2 Å². The minimum absolute atomic E-state index is 0.0446. The maximum atomic E-state index is 13.7. The van der Waals surface area contributed by atoms with Gasteiger partial charge < -0.3 is 10.6 Å². The Balaban J connectivity index is 1.84. The molecule has 0 fully saturated rings. The van der Waals surface area contributed by atoms with Crippen LogP contribution in [0, 0.1) is 0 Å². The van der Waals surface area contributed by atoms with Crippen LogP contribution >= 0.6 is 0 Å². The molecule has 4 aromatic rings. The molecule has 0 atom stereocenters. The first-order valence-corrected chi connectivity index (χ1v) is 11.4. The largest absolute Gasteiger partial charge is 0.383 e. The summed E-state index contributed by atoms with van der Waals surface area (Å²) >= 11 is 0. The maximum absolute atomic E-state index is 13.7. The zero-order valence-corrected chi connectivity index (χ0v) is 20.4. The fourth-order valence-corrected chi connectivity index (χ4v) is 3.99. The minimum Gasteiger partial charge on any atom is -0.383 e. The number of pyridine rings is 1. The van der Waals surface area contributed by atoms with Crippen molar-refractivity contribution in [3.63, 3.8) is 0 Å². The number of carbonyl (C=O) groups excluding carboxylic acids is 1. The highest BCUT2D eigenvalue weighted by atomic mass is 16.2. The molecular weight excluding hydrogens is 446 g/mol. The molecule has 1 aromatic carbocycles. The zero-order chi connectivity index (χ0) is 25.4. The predicted octanol–water partition coefficient (Wildman–Crippen LogP) is 2.89. The van der Waals surface area contributed by atoms with Crippen molar-refractivity contribution in [3.8, 4) is 0 Å². The molecule has 0 saturated carbocycles. The van der Waals surface area contributed by atoms with Crippen LogP contribution in [0.5, 0.6) is 0 Å². The van der Waals surface area contributed by atoms with Gasteiger partial charge in [0.25, 0.3) is 11.5 Å². The number of nitrogen functional groups attached to an aromatic ring is 1. The summed E-state index contributed by atoms with van der Waals surface area (Å²) in [6.07, 6.45) is 1.61. The molecule has 0 saturated heterocycles. The molecule has 0 unspecified atom stereocenters. The van der Waals surface area contributed by atoms with Gasteiger partial charge in [0.05, 0.1) is 23.7 Å². The fraction of sp³-hybridized carbons (Fsp3) is 0.320. The molecule has 0 radical (unpaired) electrons. The van der Waals surface area contributed by atoms with Crippen LogP contribution in [-0.2, 0) is 6.54 Å². The number of aromatic nitrogens is 5. The third kappa shape index (κ3) is 4.34. The van der Waals surface area contributed by atoms with Crippen molar-refractivity contribution in [2.75, 3.05) is 17.7 Å². The van der Waals surface area contributed by atoms with Crippen LogP contribution < -0.4 is 21.9 Å². The lowest BCUT2D eigenvalue weighted by atomic mass is 10.0. The van der Waals surface area contributed by atoms with Crippen LogP contribution in [0.3, 0.4) is 0 Å². The Kier molecular flexibility index (Phi) is 6.29. The Hall–Kier alpha value is -4.21. The number of nitrogens with one attached hydrogen (secondary N) is 1. The van der Waals surface area contributed by atoms with Gasteiger partial charge in [0.15, 0.2) is 11.3 Å². The average Bonchev–Trinajstić information content (AvgIpc) is 3.25. The minimum atomic E-state index is -0.736. The molecule has 3 N–H and O–H groups in total. The molecule has 4 rings (SSSR count). The number of aromatic amines is 1. The quantitative estimate of drug-likeness (QED) is 0.441. The number of carbonyl (C=O) groups is 1. The van der Waals surface area contributed by atoms with E-state index in [2.05, 4.69) is 10.1 Å². The van der Waals surface area contributed by atoms with E-state index in [1.807, 2.05) is 58.0 Å². The molecule has 10 nitrogen and oxygen atoms in total. The first-order valence-electron chi connectivity index (χ1n) is 11.4. The molecule has 3 aromatic heterocycles. The lowest BCUT2D eigenvalue weighted by Crippen LogP contribution is -2.39. The van der Waals surface area contributed by atoms with Crippen molar-refractivity contribution >= 4 is 28.4 Å². The van der Waals surface area contributed by atoms with E-state index in [4.69, 9.17) is 10.7 Å². The van der Waals surface area contributed by atoms with Gasteiger partial charge in [-0.25, -0.2) is 14.5 Å². The van der Waals surface area contributed by atoms with Gasteiger partial charge in [-0.15, -0.1) is 0 Å². The van der Waals surface area contributed by atoms with E-state index in [1.54, 1.807) is 16.9 Å². The number of nitrogens with two attached hydrogens (primary N) is 1. The van der Waals surface area contributed by atoms with E-state index in [1.165, 1.54) is 16.5 Å². The number of H-pyrrole nitrogens is 1. The van der Waals surface area contributed by atoms with Crippen molar-refractivity contribution < 1.29 is 4.79 Å². The van der Waals surface area contributed by atoms with E-state index in [0.29, 0.717) is 16.6 Å². The maximum Gasteiger partial charge on any atom is 0.330 e. The van der Waals surface area contributed by atoms with Crippen molar-refractivity contribution in [1.29, 1.82) is 0 Å². The standard InChI is InChI=1S/C25H29N7O3/c1-14(2)19-11-17(18-12-27-32(15(3)4)22(18)28-19)24(34)30(5)20-21(26)31(25(35)29-23(20)33)13-16-9-7-6-8-10-16/h6-12,14-15H,13,26H2,1-5H3,(H,29,33,35). The molecule has 1 amide bonds. The Bertz CT molecular complexity index is 1510. The van der Waals surface area contributed by atoms with E-state index in [9.17, 15) is 14.4 Å². The van der Waals surface area contributed by atoms with Crippen LogP contribution in [0.1, 0.15) is 61.3 Å². The van der Waals surface area contributed by atoms with Crippen LogP contribution in [-0.4, -0.2) is 37.3 Å². The number of hydrogen-bond acceptors (Lipinski definition) is 6. The Morgan fingerprint density at radius 3 is 2.46 bits per heavy atom. The van der Waals surface area contributed by atoms with Crippen LogP contribution in [0.25, 0.3) is 11.0 Å². The number of benzene rings is 1. The summed E-state index contributed by atoms with van der Waals surface area (Å²) in [7, 11) is 1.47. The van der Waals surface area contributed by atoms with Crippen molar-refractivity contribution in [2.24, 2.45) is 0 Å². The summed E-state index contributed by atoms with van der Waals surface area (Å²) in [5, 5.41) is 5.00. The normalized spacial score (nSPS) is 11.5. The summed E-state index contributed by atoms with van der Waals surface area (Å²) in [5.41, 5.74) is 7.33. The highest BCUT2D eigenvalue weighted by Crippen LogP contribution is 2.27. The first-order chi connectivity index (χ1) is 16.6. The second-order valence-corrected chi connectivity index (χ2v) is 9.10. The lowest BCUT2D eigenvalue weighted by Gasteiger charge is -2.21. The van der Waals surface area contributed by atoms with Crippen molar-refractivity contribution in [1.82, 2.24) is 24.3 Å². The predicted molar refractivity (Wildman–Crippen MR) is 136 cm³/mol. The van der Waals surface area contributed by atoms with Crippen molar-refractivity contribution in [2.45, 2.75) is 46.2 Å². The molecule has 35 heavy (non-hydrogen) atoms. The van der Waals surface area contributed by atoms with Gasteiger partial charge >= 0.3 is 5.69 Å². The second-order valence-electron chi connectivity index (χ2n) is 9.10. The summed E-state index contributed by atoms with van der Waals surface area (Å²) in [4.78, 5) is 47.3. The first kappa shape index (κ1) is 23.9. The van der Waals surface area contributed by atoms with Gasteiger partial charge in [0.1, 0.15) is 5.82 Å². The van der Waals surface area contributed by atoms with Gasteiger partial charge in [0.2, 0.25) is 0 Å². The third-order valence-electron chi connectivity index (χ3n) is 5.94. The monoisotopic (exact) mass is 475 g/mol. The Morgan fingerprint density at radius 1 is 1.14 bits per heavy atom. The molecule has 0 aliphatic carbocycles. The second kappa shape index (κ2) is 9.21. The molecule has 0 aliphatic heterocycles. The van der Waals surface area contributed by atoms with E-state index in [-0.39, 0.29) is 30.0 Å². The topological polar surface area (TPSA) is 132 Å². The summed E-state index contributed by atoms with van der Waals surface area (Å²) in [6, 6.07) is 11.0. The smallest absolute Gasteiger partial charge is 0.330 e. The number of nitrogens with zero attached hydrogens (tertiary/aromatic N) is 5. The number of hydrogen-bond donors (Lipinski definition) is 2. The number of amides is 1. The summed E-state index contributed by atoms with van der Waals surface area (Å²) in [6.45, 7) is 8.10. The molecule has 3 heterocycles. The van der Waals surface area contributed by atoms with Crippen LogP contribution in [0.2, 0.25) is 0 Å². The molecule has 0 bridgehead atoms. The van der Waals surface area contributed by atoms with Gasteiger partial charge in [-0.2, -0.15) is 5.10 Å². The molecule has 10 heteroatoms. The Morgan fingerprint density at radius 2 is 1.83 bits per heavy atom. The highest BCUT2D eigenvalue weighted by molar-refractivity contribution is 6.13. The van der Waals surface area contributed by atoms with E-state index >= 15 is 0 Å². The van der Waals surface area contributed by atoms with Gasteiger partial charge in [-0.3, -0.25) is 19.1 Å². The molecular formula is C25H29N7O3.